The summed E-state index contributed by atoms with van der Waals surface area (Å²) in [7, 11) is 0. The van der Waals surface area contributed by atoms with Crippen LogP contribution in [0.4, 0.5) is 0 Å². The molecule has 0 spiro atoms. The van der Waals surface area contributed by atoms with Crippen molar-refractivity contribution in [3.63, 3.8) is 0 Å². The van der Waals surface area contributed by atoms with Gasteiger partial charge in [-0.2, -0.15) is 0 Å². The molecule has 0 fully saturated rings. The predicted molar refractivity (Wildman–Crippen MR) is 98.4 cm³/mol. The first-order chi connectivity index (χ1) is 10.7. The Hall–Kier alpha value is -1.45. The van der Waals surface area contributed by atoms with Gasteiger partial charge in [-0.1, -0.05) is 53.5 Å². The lowest BCUT2D eigenvalue weighted by molar-refractivity contribution is 0.493. The SMILES string of the molecule is Cl.Clc1ccccc1CNCc1ccc(-c2ccccc2Cl)o1. The fourth-order valence-corrected chi connectivity index (χ4v) is 2.67. The maximum atomic E-state index is 6.18. The van der Waals surface area contributed by atoms with Crippen LogP contribution in [0.5, 0.6) is 0 Å². The monoisotopic (exact) mass is 367 g/mol. The summed E-state index contributed by atoms with van der Waals surface area (Å²) in [5, 5.41) is 4.78. The second-order valence-electron chi connectivity index (χ2n) is 4.94. The third-order valence-electron chi connectivity index (χ3n) is 3.37. The highest BCUT2D eigenvalue weighted by Gasteiger charge is 2.08. The lowest BCUT2D eigenvalue weighted by Crippen LogP contribution is -2.12. The Morgan fingerprint density at radius 3 is 2.22 bits per heavy atom. The van der Waals surface area contributed by atoms with Gasteiger partial charge in [-0.25, -0.2) is 0 Å². The lowest BCUT2D eigenvalue weighted by atomic mass is 10.2. The van der Waals surface area contributed by atoms with Gasteiger partial charge in [0.15, 0.2) is 0 Å². The Bertz CT molecular complexity index is 770. The van der Waals surface area contributed by atoms with Gasteiger partial charge >= 0.3 is 0 Å². The number of halogens is 3. The topological polar surface area (TPSA) is 25.2 Å². The first-order valence-corrected chi connectivity index (χ1v) is 7.77. The summed E-state index contributed by atoms with van der Waals surface area (Å²) in [5.41, 5.74) is 1.98. The van der Waals surface area contributed by atoms with E-state index in [9.17, 15) is 0 Å². The Morgan fingerprint density at radius 1 is 0.783 bits per heavy atom. The van der Waals surface area contributed by atoms with Gasteiger partial charge in [-0.15, -0.1) is 12.4 Å². The molecule has 0 saturated carbocycles. The molecular weight excluding hydrogens is 353 g/mol. The third kappa shape index (κ3) is 4.52. The number of nitrogens with one attached hydrogen (secondary N) is 1. The van der Waals surface area contributed by atoms with Crippen molar-refractivity contribution in [2.24, 2.45) is 0 Å². The van der Waals surface area contributed by atoms with E-state index in [4.69, 9.17) is 27.6 Å². The summed E-state index contributed by atoms with van der Waals surface area (Å²) in [6.45, 7) is 1.33. The van der Waals surface area contributed by atoms with Crippen molar-refractivity contribution < 1.29 is 4.42 Å². The van der Waals surface area contributed by atoms with Crippen LogP contribution in [0.1, 0.15) is 11.3 Å². The highest BCUT2D eigenvalue weighted by atomic mass is 35.5. The molecule has 2 nitrogen and oxygen atoms in total. The number of rotatable bonds is 5. The van der Waals surface area contributed by atoms with Gasteiger partial charge in [0.25, 0.3) is 0 Å². The molecule has 0 aliphatic heterocycles. The number of hydrogen-bond acceptors (Lipinski definition) is 2. The molecule has 3 rings (SSSR count). The molecule has 1 heterocycles. The molecule has 0 unspecified atom stereocenters. The average molecular weight is 369 g/mol. The number of hydrogen-bond donors (Lipinski definition) is 1. The lowest BCUT2D eigenvalue weighted by Gasteiger charge is -2.05. The van der Waals surface area contributed by atoms with Gasteiger partial charge in [-0.3, -0.25) is 0 Å². The molecule has 5 heteroatoms. The van der Waals surface area contributed by atoms with Crippen LogP contribution >= 0.6 is 35.6 Å². The molecule has 3 aromatic rings. The van der Waals surface area contributed by atoms with Crippen LogP contribution in [0.25, 0.3) is 11.3 Å². The molecule has 0 saturated heterocycles. The van der Waals surface area contributed by atoms with E-state index in [1.165, 1.54) is 0 Å². The van der Waals surface area contributed by atoms with Gasteiger partial charge in [0, 0.05) is 17.1 Å². The molecule has 0 atom stereocenters. The Morgan fingerprint density at radius 2 is 1.48 bits per heavy atom. The summed E-state index contributed by atoms with van der Waals surface area (Å²) in [6, 6.07) is 19.3. The maximum Gasteiger partial charge on any atom is 0.135 e. The Balaban J connectivity index is 0.00000192. The number of furan rings is 1. The van der Waals surface area contributed by atoms with E-state index in [1.54, 1.807) is 0 Å². The van der Waals surface area contributed by atoms with Crippen LogP contribution in [0.3, 0.4) is 0 Å². The summed E-state index contributed by atoms with van der Waals surface area (Å²) < 4.78 is 5.84. The zero-order valence-corrected chi connectivity index (χ0v) is 14.6. The molecule has 120 valence electrons. The minimum absolute atomic E-state index is 0. The fourth-order valence-electron chi connectivity index (χ4n) is 2.24. The van der Waals surface area contributed by atoms with Crippen molar-refractivity contribution in [3.8, 4) is 11.3 Å². The maximum absolute atomic E-state index is 6.18. The zero-order valence-electron chi connectivity index (χ0n) is 12.3. The van der Waals surface area contributed by atoms with E-state index >= 15 is 0 Å². The van der Waals surface area contributed by atoms with Gasteiger partial charge in [0.05, 0.1) is 11.6 Å². The Labute approximate surface area is 151 Å². The predicted octanol–water partition coefficient (Wildman–Crippen LogP) is 5.97. The molecular formula is C18H16Cl3NO. The van der Waals surface area contributed by atoms with Crippen molar-refractivity contribution in [2.75, 3.05) is 0 Å². The van der Waals surface area contributed by atoms with Gasteiger partial charge in [0.2, 0.25) is 0 Å². The normalized spacial score (nSPS) is 10.3. The first-order valence-electron chi connectivity index (χ1n) is 7.02. The van der Waals surface area contributed by atoms with E-state index in [1.807, 2.05) is 60.7 Å². The summed E-state index contributed by atoms with van der Waals surface area (Å²) >= 11 is 12.3. The summed E-state index contributed by atoms with van der Waals surface area (Å²) in [4.78, 5) is 0. The second kappa shape index (κ2) is 8.42. The van der Waals surface area contributed by atoms with Crippen molar-refractivity contribution in [1.82, 2.24) is 5.32 Å². The van der Waals surface area contributed by atoms with E-state index in [0.29, 0.717) is 18.1 Å². The van der Waals surface area contributed by atoms with Crippen LogP contribution in [0, 0.1) is 0 Å². The van der Waals surface area contributed by atoms with Crippen LogP contribution in [0.2, 0.25) is 10.0 Å². The van der Waals surface area contributed by atoms with Crippen molar-refractivity contribution in [1.29, 1.82) is 0 Å². The number of benzene rings is 2. The standard InChI is InChI=1S/C18H15Cl2NO.ClH/c19-16-7-3-1-5-13(16)11-21-12-14-9-10-18(22-14)15-6-2-4-8-17(15)20;/h1-10,21H,11-12H2;1H. The largest absolute Gasteiger partial charge is 0.460 e. The van der Waals surface area contributed by atoms with E-state index < -0.39 is 0 Å². The molecule has 2 aromatic carbocycles. The van der Waals surface area contributed by atoms with Crippen molar-refractivity contribution >= 4 is 35.6 Å². The van der Waals surface area contributed by atoms with E-state index in [-0.39, 0.29) is 12.4 Å². The zero-order chi connectivity index (χ0) is 15.4. The van der Waals surface area contributed by atoms with Crippen LogP contribution < -0.4 is 5.32 Å². The average Bonchev–Trinajstić information content (AvgIpc) is 2.98. The molecule has 0 bridgehead atoms. The minimum Gasteiger partial charge on any atom is -0.460 e. The van der Waals surface area contributed by atoms with Crippen LogP contribution in [0.15, 0.2) is 65.1 Å². The van der Waals surface area contributed by atoms with E-state index in [2.05, 4.69) is 5.32 Å². The van der Waals surface area contributed by atoms with Gasteiger partial charge in [0.1, 0.15) is 11.5 Å². The molecule has 0 aliphatic carbocycles. The smallest absolute Gasteiger partial charge is 0.135 e. The molecule has 1 N–H and O–H groups in total. The molecule has 0 amide bonds. The van der Waals surface area contributed by atoms with Crippen molar-refractivity contribution in [3.05, 3.63) is 82.0 Å². The quantitative estimate of drug-likeness (QED) is 0.600. The Kier molecular flexibility index (Phi) is 6.55. The summed E-state index contributed by atoms with van der Waals surface area (Å²) in [6.07, 6.45) is 0. The summed E-state index contributed by atoms with van der Waals surface area (Å²) in [5.74, 6) is 1.64. The highest BCUT2D eigenvalue weighted by Crippen LogP contribution is 2.29. The third-order valence-corrected chi connectivity index (χ3v) is 4.07. The first kappa shape index (κ1) is 17.9. The van der Waals surface area contributed by atoms with Gasteiger partial charge < -0.3 is 9.73 Å². The fraction of sp³-hybridized carbons (Fsp3) is 0.111. The molecule has 23 heavy (non-hydrogen) atoms. The van der Waals surface area contributed by atoms with Crippen LogP contribution in [-0.4, -0.2) is 0 Å². The van der Waals surface area contributed by atoms with Crippen molar-refractivity contribution in [2.45, 2.75) is 13.1 Å². The van der Waals surface area contributed by atoms with Gasteiger partial charge in [-0.05, 0) is 35.9 Å². The minimum atomic E-state index is 0. The van der Waals surface area contributed by atoms with Crippen LogP contribution in [-0.2, 0) is 13.1 Å². The van der Waals surface area contributed by atoms with E-state index in [0.717, 1.165) is 27.7 Å². The highest BCUT2D eigenvalue weighted by molar-refractivity contribution is 6.33. The molecule has 0 aliphatic rings. The second-order valence-corrected chi connectivity index (χ2v) is 5.76. The molecule has 0 radical (unpaired) electrons. The molecule has 1 aromatic heterocycles.